The van der Waals surface area contributed by atoms with E-state index in [1.807, 2.05) is 60.8 Å². The van der Waals surface area contributed by atoms with Gasteiger partial charge in [-0.05, 0) is 41.5 Å². The van der Waals surface area contributed by atoms with Crippen molar-refractivity contribution in [3.8, 4) is 17.2 Å². The monoisotopic (exact) mass is 413 g/mol. The molecule has 156 valence electrons. The average molecular weight is 413 g/mol. The van der Waals surface area contributed by atoms with Gasteiger partial charge in [-0.1, -0.05) is 48.5 Å². The molecular weight excluding hydrogens is 390 g/mol. The van der Waals surface area contributed by atoms with Crippen molar-refractivity contribution < 1.29 is 19.0 Å². The maximum atomic E-state index is 12.9. The van der Waals surface area contributed by atoms with Crippen LogP contribution in [-0.2, 0) is 6.61 Å². The van der Waals surface area contributed by atoms with E-state index in [2.05, 4.69) is 4.98 Å². The molecule has 0 aliphatic carbocycles. The number of hydrogen-bond donors (Lipinski definition) is 1. The Kier molecular flexibility index (Phi) is 6.03. The van der Waals surface area contributed by atoms with Gasteiger partial charge in [0.15, 0.2) is 17.3 Å². The minimum absolute atomic E-state index is 0.156. The van der Waals surface area contributed by atoms with E-state index in [1.165, 1.54) is 0 Å². The summed E-state index contributed by atoms with van der Waals surface area (Å²) in [5.74, 6) is 1.20. The van der Waals surface area contributed by atoms with E-state index in [0.29, 0.717) is 29.4 Å². The Bertz CT molecular complexity index is 1200. The van der Waals surface area contributed by atoms with Gasteiger partial charge in [0.05, 0.1) is 14.2 Å². The van der Waals surface area contributed by atoms with E-state index in [0.717, 1.165) is 22.0 Å². The van der Waals surface area contributed by atoms with Crippen LogP contribution in [0.1, 0.15) is 21.5 Å². The van der Waals surface area contributed by atoms with E-state index >= 15 is 0 Å². The van der Waals surface area contributed by atoms with Crippen molar-refractivity contribution in [1.82, 2.24) is 4.98 Å². The first-order chi connectivity index (χ1) is 15.2. The third-order valence-electron chi connectivity index (χ3n) is 5.01. The Morgan fingerprint density at radius 1 is 0.935 bits per heavy atom. The van der Waals surface area contributed by atoms with Crippen molar-refractivity contribution in [2.24, 2.45) is 0 Å². The lowest BCUT2D eigenvalue weighted by Gasteiger charge is -2.15. The summed E-state index contributed by atoms with van der Waals surface area (Å²) in [5.41, 5.74) is 3.45. The molecule has 1 aromatic heterocycles. The highest BCUT2D eigenvalue weighted by atomic mass is 16.5. The summed E-state index contributed by atoms with van der Waals surface area (Å²) in [4.78, 5) is 16.1. The zero-order valence-corrected chi connectivity index (χ0v) is 17.4. The van der Waals surface area contributed by atoms with Crippen molar-refractivity contribution in [3.05, 3.63) is 95.7 Å². The maximum absolute atomic E-state index is 12.9. The van der Waals surface area contributed by atoms with Crippen LogP contribution >= 0.6 is 0 Å². The summed E-state index contributed by atoms with van der Waals surface area (Å²) in [6.45, 7) is 0.362. The number of carbonyl (C=O) groups is 1. The number of rotatable bonds is 8. The van der Waals surface area contributed by atoms with E-state index in [9.17, 15) is 4.79 Å². The summed E-state index contributed by atoms with van der Waals surface area (Å²) in [5, 5.41) is 1.06. The molecule has 0 saturated heterocycles. The van der Waals surface area contributed by atoms with Crippen molar-refractivity contribution in [2.45, 2.75) is 6.61 Å². The van der Waals surface area contributed by atoms with Gasteiger partial charge in [-0.2, -0.15) is 0 Å². The number of para-hydroxylation sites is 1. The number of aromatic amines is 1. The zero-order valence-electron chi connectivity index (χ0n) is 17.4. The average Bonchev–Trinajstić information content (AvgIpc) is 3.24. The largest absolute Gasteiger partial charge is 0.493 e. The number of fused-ring (bicyclic) bond motifs is 1. The van der Waals surface area contributed by atoms with E-state index < -0.39 is 0 Å². The molecule has 0 atom stereocenters. The molecule has 0 unspecified atom stereocenters. The second kappa shape index (κ2) is 9.22. The fraction of sp³-hybridized carbons (Fsp3) is 0.115. The molecule has 0 saturated carbocycles. The number of nitrogens with one attached hydrogen (secondary N) is 1. The third-order valence-corrected chi connectivity index (χ3v) is 5.01. The van der Waals surface area contributed by atoms with Crippen LogP contribution in [0.15, 0.2) is 79.0 Å². The molecule has 0 aliphatic rings. The molecule has 0 spiro atoms. The fourth-order valence-corrected chi connectivity index (χ4v) is 3.39. The van der Waals surface area contributed by atoms with E-state index in [1.54, 1.807) is 38.5 Å². The van der Waals surface area contributed by atoms with Gasteiger partial charge in [0.1, 0.15) is 6.61 Å². The lowest BCUT2D eigenvalue weighted by atomic mass is 10.1. The van der Waals surface area contributed by atoms with Crippen molar-refractivity contribution >= 4 is 22.8 Å². The minimum Gasteiger partial charge on any atom is -0.493 e. The highest BCUT2D eigenvalue weighted by Crippen LogP contribution is 2.39. The number of aromatic nitrogens is 1. The maximum Gasteiger partial charge on any atom is 0.203 e. The molecule has 4 rings (SSSR count). The van der Waals surface area contributed by atoms with Crippen molar-refractivity contribution in [3.63, 3.8) is 0 Å². The SMILES string of the molecule is COc1cc(C(=O)C=Cc2c[nH]c3ccccc23)cc(OC)c1OCc1ccccc1. The Balaban J connectivity index is 1.58. The van der Waals surface area contributed by atoms with Gasteiger partial charge >= 0.3 is 0 Å². The molecule has 0 aliphatic heterocycles. The lowest BCUT2D eigenvalue weighted by Crippen LogP contribution is -2.03. The molecule has 0 bridgehead atoms. The van der Waals surface area contributed by atoms with Gasteiger partial charge < -0.3 is 19.2 Å². The Labute approximate surface area is 180 Å². The summed E-state index contributed by atoms with van der Waals surface area (Å²) < 4.78 is 16.9. The normalized spacial score (nSPS) is 11.0. The number of hydrogen-bond acceptors (Lipinski definition) is 4. The first-order valence-electron chi connectivity index (χ1n) is 9.91. The second-order valence-electron chi connectivity index (χ2n) is 6.97. The topological polar surface area (TPSA) is 60.6 Å². The van der Waals surface area contributed by atoms with Gasteiger partial charge in [0, 0.05) is 22.7 Å². The molecule has 5 nitrogen and oxygen atoms in total. The van der Waals surface area contributed by atoms with Crippen LogP contribution in [0.5, 0.6) is 17.2 Å². The summed E-state index contributed by atoms with van der Waals surface area (Å²) >= 11 is 0. The number of ether oxygens (including phenoxy) is 3. The minimum atomic E-state index is -0.156. The molecule has 4 aromatic rings. The van der Waals surface area contributed by atoms with Gasteiger partial charge in [0.25, 0.3) is 0 Å². The number of benzene rings is 3. The van der Waals surface area contributed by atoms with E-state index in [-0.39, 0.29) is 5.78 Å². The number of H-pyrrole nitrogens is 1. The molecular formula is C26H23NO4. The van der Waals surface area contributed by atoms with E-state index in [4.69, 9.17) is 14.2 Å². The quantitative estimate of drug-likeness (QED) is 0.299. The lowest BCUT2D eigenvalue weighted by molar-refractivity contribution is 0.104. The molecule has 1 heterocycles. The summed E-state index contributed by atoms with van der Waals surface area (Å²) in [6, 6.07) is 21.1. The van der Waals surface area contributed by atoms with Crippen molar-refractivity contribution in [2.75, 3.05) is 14.2 Å². The van der Waals surface area contributed by atoms with Gasteiger partial charge in [-0.15, -0.1) is 0 Å². The second-order valence-corrected chi connectivity index (χ2v) is 6.97. The first kappa shape index (κ1) is 20.3. The molecule has 0 radical (unpaired) electrons. The Morgan fingerprint density at radius 3 is 2.32 bits per heavy atom. The Morgan fingerprint density at radius 2 is 1.61 bits per heavy atom. The fourth-order valence-electron chi connectivity index (χ4n) is 3.39. The number of ketones is 1. The van der Waals surface area contributed by atoms with Crippen molar-refractivity contribution in [1.29, 1.82) is 0 Å². The van der Waals surface area contributed by atoms with Crippen LogP contribution in [0.25, 0.3) is 17.0 Å². The molecule has 1 N–H and O–H groups in total. The smallest absolute Gasteiger partial charge is 0.203 e. The van der Waals surface area contributed by atoms with Crippen LogP contribution in [0.4, 0.5) is 0 Å². The first-order valence-corrected chi connectivity index (χ1v) is 9.91. The molecule has 0 fully saturated rings. The standard InChI is InChI=1S/C26H23NO4/c1-29-24-14-20(15-25(30-2)26(24)31-17-18-8-4-3-5-9-18)23(28)13-12-19-16-27-22-11-7-6-10-21(19)22/h3-16,27H,17H2,1-2H3. The summed E-state index contributed by atoms with van der Waals surface area (Å²) in [7, 11) is 3.08. The van der Waals surface area contributed by atoms with Gasteiger partial charge in [-0.3, -0.25) is 4.79 Å². The van der Waals surface area contributed by atoms with Crippen LogP contribution in [0.3, 0.4) is 0 Å². The molecule has 5 heteroatoms. The number of allylic oxidation sites excluding steroid dienone is 1. The van der Waals surface area contributed by atoms with Crippen LogP contribution < -0.4 is 14.2 Å². The zero-order chi connectivity index (χ0) is 21.6. The highest BCUT2D eigenvalue weighted by molar-refractivity contribution is 6.08. The van der Waals surface area contributed by atoms with Crippen LogP contribution in [-0.4, -0.2) is 25.0 Å². The molecule has 31 heavy (non-hydrogen) atoms. The number of methoxy groups -OCH3 is 2. The van der Waals surface area contributed by atoms with Gasteiger partial charge in [0.2, 0.25) is 5.75 Å². The Hall–Kier alpha value is -3.99. The summed E-state index contributed by atoms with van der Waals surface area (Å²) in [6.07, 6.45) is 5.24. The molecule has 0 amide bonds. The third kappa shape index (κ3) is 4.46. The number of carbonyl (C=O) groups excluding carboxylic acids is 1. The predicted molar refractivity (Wildman–Crippen MR) is 122 cm³/mol. The van der Waals surface area contributed by atoms with Crippen LogP contribution in [0.2, 0.25) is 0 Å². The predicted octanol–water partition coefficient (Wildman–Crippen LogP) is 5.66. The van der Waals surface area contributed by atoms with Crippen LogP contribution in [0, 0.1) is 0 Å². The molecule has 3 aromatic carbocycles. The van der Waals surface area contributed by atoms with Gasteiger partial charge in [-0.25, -0.2) is 0 Å². The highest BCUT2D eigenvalue weighted by Gasteiger charge is 2.17.